The highest BCUT2D eigenvalue weighted by Crippen LogP contribution is 2.29. The van der Waals surface area contributed by atoms with Crippen molar-refractivity contribution in [2.24, 2.45) is 0 Å². The maximum atomic E-state index is 4.92. The van der Waals surface area contributed by atoms with Crippen molar-refractivity contribution in [3.8, 4) is 45.0 Å². The molecule has 0 spiro atoms. The van der Waals surface area contributed by atoms with Crippen LogP contribution in [0.5, 0.6) is 0 Å². The van der Waals surface area contributed by atoms with Crippen LogP contribution in [0.3, 0.4) is 0 Å². The van der Waals surface area contributed by atoms with Crippen LogP contribution in [0.25, 0.3) is 55.9 Å². The van der Waals surface area contributed by atoms with Crippen LogP contribution < -0.4 is 0 Å². The summed E-state index contributed by atoms with van der Waals surface area (Å²) in [4.78, 5) is 14.4. The van der Waals surface area contributed by atoms with Gasteiger partial charge in [0.15, 0.2) is 5.82 Å². The molecule has 2 aromatic heterocycles. The Bertz CT molecular complexity index is 1520. The minimum Gasteiger partial charge on any atom is -0.256 e. The molecule has 0 atom stereocenters. The Hall–Kier alpha value is -4.63. The number of para-hydroxylation sites is 1. The maximum absolute atomic E-state index is 4.92. The van der Waals surface area contributed by atoms with Crippen molar-refractivity contribution in [3.05, 3.63) is 128 Å². The molecule has 0 aliphatic heterocycles. The summed E-state index contributed by atoms with van der Waals surface area (Å²) in [5.74, 6) is 0.722. The van der Waals surface area contributed by atoms with E-state index < -0.39 is 0 Å². The fourth-order valence-corrected chi connectivity index (χ4v) is 4.13. The molecule has 0 aliphatic carbocycles. The van der Waals surface area contributed by atoms with Gasteiger partial charge >= 0.3 is 0 Å². The van der Waals surface area contributed by atoms with Crippen LogP contribution in [0.15, 0.2) is 128 Å². The van der Waals surface area contributed by atoms with Gasteiger partial charge in [-0.25, -0.2) is 9.97 Å². The summed E-state index contributed by atoms with van der Waals surface area (Å²) in [6.07, 6.45) is 1.93. The summed E-state index contributed by atoms with van der Waals surface area (Å²) in [7, 11) is 0. The highest BCUT2D eigenvalue weighted by molar-refractivity contribution is 5.84. The Morgan fingerprint density at radius 2 is 0.971 bits per heavy atom. The molecule has 0 bridgehead atoms. The molecular formula is C31H21N3. The molecule has 0 unspecified atom stereocenters. The van der Waals surface area contributed by atoms with Gasteiger partial charge in [0.2, 0.25) is 0 Å². The molecule has 0 amide bonds. The van der Waals surface area contributed by atoms with Gasteiger partial charge in [-0.05, 0) is 23.8 Å². The maximum Gasteiger partial charge on any atom is 0.160 e. The third-order valence-corrected chi connectivity index (χ3v) is 5.93. The molecule has 0 fully saturated rings. The molecule has 6 rings (SSSR count). The number of aromatic nitrogens is 3. The van der Waals surface area contributed by atoms with E-state index in [1.165, 1.54) is 0 Å². The minimum atomic E-state index is 0.722. The molecule has 3 nitrogen and oxygen atoms in total. The van der Waals surface area contributed by atoms with Gasteiger partial charge in [0.1, 0.15) is 0 Å². The predicted octanol–water partition coefficient (Wildman–Crippen LogP) is 7.69. The number of hydrogen-bond acceptors (Lipinski definition) is 3. The van der Waals surface area contributed by atoms with Gasteiger partial charge in [0, 0.05) is 33.8 Å². The van der Waals surface area contributed by atoms with E-state index in [2.05, 4.69) is 59.6 Å². The number of fused-ring (bicyclic) bond motifs is 1. The molecule has 3 heteroatoms. The Morgan fingerprint density at radius 3 is 1.68 bits per heavy atom. The van der Waals surface area contributed by atoms with Crippen LogP contribution >= 0.6 is 0 Å². The van der Waals surface area contributed by atoms with Crippen molar-refractivity contribution in [1.29, 1.82) is 0 Å². The first-order valence-electron chi connectivity index (χ1n) is 11.3. The second-order valence-electron chi connectivity index (χ2n) is 8.19. The Balaban J connectivity index is 1.42. The first-order valence-corrected chi connectivity index (χ1v) is 11.3. The lowest BCUT2D eigenvalue weighted by atomic mass is 10.0. The zero-order chi connectivity index (χ0) is 22.7. The average molecular weight is 436 g/mol. The Morgan fingerprint density at radius 1 is 0.412 bits per heavy atom. The van der Waals surface area contributed by atoms with Crippen LogP contribution in [0, 0.1) is 0 Å². The number of nitrogens with zero attached hydrogens (tertiary/aromatic N) is 3. The minimum absolute atomic E-state index is 0.722. The van der Waals surface area contributed by atoms with Gasteiger partial charge in [0.05, 0.1) is 16.9 Å². The molecule has 34 heavy (non-hydrogen) atoms. The lowest BCUT2D eigenvalue weighted by molar-refractivity contribution is 1.18. The van der Waals surface area contributed by atoms with E-state index in [9.17, 15) is 0 Å². The SMILES string of the molecule is c1ccc(-c2cc(-c3ccc(-c4cnc5ccccc5c4)cc3)nc(-c3ccccc3)n2)cc1. The van der Waals surface area contributed by atoms with E-state index in [1.54, 1.807) is 0 Å². The third-order valence-electron chi connectivity index (χ3n) is 5.93. The fourth-order valence-electron chi connectivity index (χ4n) is 4.13. The van der Waals surface area contributed by atoms with Crippen LogP contribution in [0.4, 0.5) is 0 Å². The van der Waals surface area contributed by atoms with E-state index in [0.29, 0.717) is 0 Å². The summed E-state index contributed by atoms with van der Waals surface area (Å²) in [6.45, 7) is 0. The fraction of sp³-hybridized carbons (Fsp3) is 0. The molecule has 0 aliphatic rings. The number of hydrogen-bond donors (Lipinski definition) is 0. The number of rotatable bonds is 4. The zero-order valence-corrected chi connectivity index (χ0v) is 18.5. The number of benzene rings is 4. The predicted molar refractivity (Wildman–Crippen MR) is 139 cm³/mol. The molecule has 6 aromatic rings. The lowest BCUT2D eigenvalue weighted by Crippen LogP contribution is -1.95. The van der Waals surface area contributed by atoms with Crippen molar-refractivity contribution >= 4 is 10.9 Å². The highest BCUT2D eigenvalue weighted by Gasteiger charge is 2.11. The van der Waals surface area contributed by atoms with Crippen molar-refractivity contribution in [2.75, 3.05) is 0 Å². The van der Waals surface area contributed by atoms with E-state index in [1.807, 2.05) is 72.9 Å². The largest absolute Gasteiger partial charge is 0.256 e. The van der Waals surface area contributed by atoms with Gasteiger partial charge in [-0.3, -0.25) is 4.98 Å². The molecule has 160 valence electrons. The third kappa shape index (κ3) is 3.96. The normalized spacial score (nSPS) is 10.9. The van der Waals surface area contributed by atoms with E-state index in [4.69, 9.17) is 9.97 Å². The topological polar surface area (TPSA) is 38.7 Å². The molecule has 0 saturated heterocycles. The zero-order valence-electron chi connectivity index (χ0n) is 18.5. The smallest absolute Gasteiger partial charge is 0.160 e. The second kappa shape index (κ2) is 8.72. The highest BCUT2D eigenvalue weighted by atomic mass is 14.9. The summed E-state index contributed by atoms with van der Waals surface area (Å²) in [6, 6.07) is 41.3. The molecule has 0 radical (unpaired) electrons. The second-order valence-corrected chi connectivity index (χ2v) is 8.19. The van der Waals surface area contributed by atoms with Gasteiger partial charge in [0.25, 0.3) is 0 Å². The van der Waals surface area contributed by atoms with Gasteiger partial charge < -0.3 is 0 Å². The van der Waals surface area contributed by atoms with Crippen LogP contribution in [0.1, 0.15) is 0 Å². The van der Waals surface area contributed by atoms with Crippen LogP contribution in [-0.4, -0.2) is 15.0 Å². The molecule has 2 heterocycles. The van der Waals surface area contributed by atoms with Crippen molar-refractivity contribution in [2.45, 2.75) is 0 Å². The first-order chi connectivity index (χ1) is 16.8. The van der Waals surface area contributed by atoms with E-state index in [-0.39, 0.29) is 0 Å². The molecule has 4 aromatic carbocycles. The standard InChI is InChI=1S/C31H21N3/c1-3-9-23(10-4-1)29-20-30(34-31(33-29)25-11-5-2-6-12-25)24-17-15-22(16-18-24)27-19-26-13-7-8-14-28(26)32-21-27/h1-21H. The molecule has 0 N–H and O–H groups in total. The first kappa shape index (κ1) is 20.0. The van der Waals surface area contributed by atoms with Crippen LogP contribution in [-0.2, 0) is 0 Å². The van der Waals surface area contributed by atoms with E-state index in [0.717, 1.165) is 55.9 Å². The summed E-state index contributed by atoms with van der Waals surface area (Å²) in [5.41, 5.74) is 8.16. The van der Waals surface area contributed by atoms with Gasteiger partial charge in [-0.1, -0.05) is 103 Å². The summed E-state index contributed by atoms with van der Waals surface area (Å²) in [5, 5.41) is 1.14. The van der Waals surface area contributed by atoms with Gasteiger partial charge in [-0.2, -0.15) is 0 Å². The van der Waals surface area contributed by atoms with Gasteiger partial charge in [-0.15, -0.1) is 0 Å². The number of pyridine rings is 1. The monoisotopic (exact) mass is 435 g/mol. The molecule has 0 saturated carbocycles. The molecular weight excluding hydrogens is 414 g/mol. The quantitative estimate of drug-likeness (QED) is 0.285. The summed E-state index contributed by atoms with van der Waals surface area (Å²) >= 11 is 0. The van der Waals surface area contributed by atoms with Crippen molar-refractivity contribution in [1.82, 2.24) is 15.0 Å². The van der Waals surface area contributed by atoms with Crippen LogP contribution in [0.2, 0.25) is 0 Å². The van der Waals surface area contributed by atoms with Crippen molar-refractivity contribution < 1.29 is 0 Å². The summed E-state index contributed by atoms with van der Waals surface area (Å²) < 4.78 is 0. The Labute approximate surface area is 198 Å². The van der Waals surface area contributed by atoms with Crippen molar-refractivity contribution in [3.63, 3.8) is 0 Å². The Kier molecular flexibility index (Phi) is 5.13. The average Bonchev–Trinajstić information content (AvgIpc) is 2.93. The lowest BCUT2D eigenvalue weighted by Gasteiger charge is -2.10. The van der Waals surface area contributed by atoms with E-state index >= 15 is 0 Å².